The van der Waals surface area contributed by atoms with E-state index in [9.17, 15) is 14.4 Å². The number of fused-ring (bicyclic) bond motifs is 1. The molecule has 9 heteroatoms. The second kappa shape index (κ2) is 6.93. The third kappa shape index (κ3) is 3.05. The van der Waals surface area contributed by atoms with Crippen molar-refractivity contribution in [3.63, 3.8) is 0 Å². The molecule has 142 valence electrons. The number of benzene rings is 1. The molecule has 3 heterocycles. The van der Waals surface area contributed by atoms with Gasteiger partial charge < -0.3 is 9.88 Å². The molecule has 4 aromatic rings. The molecule has 0 fully saturated rings. The van der Waals surface area contributed by atoms with Gasteiger partial charge in [-0.1, -0.05) is 30.3 Å². The number of aryl methyl sites for hydroxylation is 1. The lowest BCUT2D eigenvalue weighted by Gasteiger charge is -2.07. The number of amides is 1. The zero-order valence-corrected chi connectivity index (χ0v) is 16.1. The Kier molecular flexibility index (Phi) is 4.44. The average molecular weight is 395 g/mol. The lowest BCUT2D eigenvalue weighted by molar-refractivity contribution is -0.116. The van der Waals surface area contributed by atoms with Crippen LogP contribution in [0.15, 0.2) is 57.7 Å². The number of hydrogen-bond acceptors (Lipinski definition) is 5. The summed E-state index contributed by atoms with van der Waals surface area (Å²) >= 11 is 1.43. The fourth-order valence-electron chi connectivity index (χ4n) is 3.03. The second-order valence-corrected chi connectivity index (χ2v) is 7.28. The maximum absolute atomic E-state index is 12.5. The van der Waals surface area contributed by atoms with Crippen molar-refractivity contribution in [1.82, 2.24) is 18.7 Å². The van der Waals surface area contributed by atoms with E-state index in [0.29, 0.717) is 5.00 Å². The van der Waals surface area contributed by atoms with E-state index in [2.05, 4.69) is 10.3 Å². The molecule has 0 aliphatic heterocycles. The first-order valence-corrected chi connectivity index (χ1v) is 9.38. The van der Waals surface area contributed by atoms with Gasteiger partial charge in [0.25, 0.3) is 5.56 Å². The van der Waals surface area contributed by atoms with Crippen LogP contribution in [-0.2, 0) is 25.4 Å². The molecule has 0 atom stereocenters. The predicted octanol–water partition coefficient (Wildman–Crippen LogP) is 1.80. The molecule has 0 bridgehead atoms. The molecule has 8 nitrogen and oxygen atoms in total. The first-order chi connectivity index (χ1) is 13.5. The Labute approximate surface area is 163 Å². The number of nitrogens with one attached hydrogen (secondary N) is 1. The van der Waals surface area contributed by atoms with Gasteiger partial charge in [0.1, 0.15) is 6.54 Å². The van der Waals surface area contributed by atoms with Crippen molar-refractivity contribution in [3.8, 4) is 11.1 Å². The van der Waals surface area contributed by atoms with E-state index >= 15 is 0 Å². The molecule has 0 unspecified atom stereocenters. The van der Waals surface area contributed by atoms with Gasteiger partial charge in [-0.25, -0.2) is 9.78 Å². The monoisotopic (exact) mass is 395 g/mol. The summed E-state index contributed by atoms with van der Waals surface area (Å²) in [6, 6.07) is 11.8. The summed E-state index contributed by atoms with van der Waals surface area (Å²) in [6.45, 7) is -0.0808. The van der Waals surface area contributed by atoms with Gasteiger partial charge in [0, 0.05) is 19.5 Å². The number of rotatable bonds is 4. The van der Waals surface area contributed by atoms with E-state index in [1.165, 1.54) is 40.9 Å². The van der Waals surface area contributed by atoms with E-state index in [0.717, 1.165) is 15.7 Å². The van der Waals surface area contributed by atoms with Crippen LogP contribution in [0.4, 0.5) is 5.00 Å². The third-order valence-electron chi connectivity index (χ3n) is 4.50. The predicted molar refractivity (Wildman–Crippen MR) is 109 cm³/mol. The SMILES string of the molecule is Cn1c(=O)c2c(ncn2CC(=O)Nc2cc(-c3ccccc3)cs2)n(C)c1=O. The summed E-state index contributed by atoms with van der Waals surface area (Å²) in [7, 11) is 2.94. The van der Waals surface area contributed by atoms with Gasteiger partial charge in [-0.05, 0) is 17.2 Å². The molecule has 1 N–H and O–H groups in total. The van der Waals surface area contributed by atoms with Gasteiger partial charge in [-0.2, -0.15) is 0 Å². The third-order valence-corrected chi connectivity index (χ3v) is 5.35. The van der Waals surface area contributed by atoms with Crippen molar-refractivity contribution in [2.45, 2.75) is 6.54 Å². The molecular formula is C19H17N5O3S. The molecule has 4 rings (SSSR count). The lowest BCUT2D eigenvalue weighted by Crippen LogP contribution is -2.37. The highest BCUT2D eigenvalue weighted by Crippen LogP contribution is 2.28. The highest BCUT2D eigenvalue weighted by molar-refractivity contribution is 7.14. The maximum atomic E-state index is 12.5. The van der Waals surface area contributed by atoms with Crippen molar-refractivity contribution in [2.24, 2.45) is 14.1 Å². The van der Waals surface area contributed by atoms with Gasteiger partial charge in [0.2, 0.25) is 5.91 Å². The molecule has 0 saturated heterocycles. The Balaban J connectivity index is 1.58. The molecule has 0 aliphatic rings. The summed E-state index contributed by atoms with van der Waals surface area (Å²) in [5, 5.41) is 5.54. The van der Waals surface area contributed by atoms with Crippen LogP contribution in [0.5, 0.6) is 0 Å². The zero-order chi connectivity index (χ0) is 19.8. The first kappa shape index (κ1) is 17.9. The van der Waals surface area contributed by atoms with Crippen molar-refractivity contribution in [3.05, 3.63) is 68.9 Å². The first-order valence-electron chi connectivity index (χ1n) is 8.50. The van der Waals surface area contributed by atoms with Crippen LogP contribution in [0.2, 0.25) is 0 Å². The minimum Gasteiger partial charge on any atom is -0.316 e. The number of aromatic nitrogens is 4. The van der Waals surface area contributed by atoms with Gasteiger partial charge in [0.05, 0.1) is 11.3 Å². The standard InChI is InChI=1S/C19H17N5O3S/c1-22-17-16(18(26)23(2)19(22)27)24(11-20-17)9-14(25)21-15-8-13(10-28-15)12-6-4-3-5-7-12/h3-8,10-11H,9H2,1-2H3,(H,21,25). The van der Waals surface area contributed by atoms with Gasteiger partial charge in [-0.3, -0.25) is 18.7 Å². The summed E-state index contributed by atoms with van der Waals surface area (Å²) < 4.78 is 3.75. The van der Waals surface area contributed by atoms with E-state index in [1.807, 2.05) is 41.8 Å². The number of imidazole rings is 1. The molecule has 28 heavy (non-hydrogen) atoms. The van der Waals surface area contributed by atoms with Crippen LogP contribution in [0.25, 0.3) is 22.3 Å². The summed E-state index contributed by atoms with van der Waals surface area (Å²) in [6.07, 6.45) is 1.40. The lowest BCUT2D eigenvalue weighted by atomic mass is 10.1. The molecule has 1 aromatic carbocycles. The van der Waals surface area contributed by atoms with Crippen LogP contribution in [-0.4, -0.2) is 24.6 Å². The smallest absolute Gasteiger partial charge is 0.316 e. The van der Waals surface area contributed by atoms with E-state index in [-0.39, 0.29) is 23.6 Å². The summed E-state index contributed by atoms with van der Waals surface area (Å²) in [4.78, 5) is 41.0. The zero-order valence-electron chi connectivity index (χ0n) is 15.2. The number of thiophene rings is 1. The molecule has 0 radical (unpaired) electrons. The van der Waals surface area contributed by atoms with Crippen LogP contribution in [0, 0.1) is 0 Å². The summed E-state index contributed by atoms with van der Waals surface area (Å²) in [5.74, 6) is -0.281. The number of nitrogens with zero attached hydrogens (tertiary/aromatic N) is 4. The Morgan fingerprint density at radius 3 is 2.61 bits per heavy atom. The van der Waals surface area contributed by atoms with Crippen molar-refractivity contribution >= 4 is 33.4 Å². The van der Waals surface area contributed by atoms with Crippen molar-refractivity contribution < 1.29 is 4.79 Å². The molecule has 0 spiro atoms. The number of carbonyl (C=O) groups is 1. The second-order valence-electron chi connectivity index (χ2n) is 6.36. The topological polar surface area (TPSA) is 90.9 Å². The fraction of sp³-hybridized carbons (Fsp3) is 0.158. The molecular weight excluding hydrogens is 378 g/mol. The van der Waals surface area contributed by atoms with Crippen LogP contribution in [0.3, 0.4) is 0 Å². The molecule has 3 aromatic heterocycles. The van der Waals surface area contributed by atoms with Crippen LogP contribution >= 0.6 is 11.3 Å². The van der Waals surface area contributed by atoms with E-state index < -0.39 is 11.2 Å². The number of hydrogen-bond donors (Lipinski definition) is 1. The van der Waals surface area contributed by atoms with Crippen molar-refractivity contribution in [1.29, 1.82) is 0 Å². The number of anilines is 1. The normalized spacial score (nSPS) is 11.1. The Morgan fingerprint density at radius 2 is 1.86 bits per heavy atom. The molecule has 1 amide bonds. The Bertz CT molecular complexity index is 1300. The maximum Gasteiger partial charge on any atom is 0.332 e. The van der Waals surface area contributed by atoms with Gasteiger partial charge >= 0.3 is 5.69 Å². The fourth-order valence-corrected chi connectivity index (χ4v) is 3.86. The van der Waals surface area contributed by atoms with Crippen molar-refractivity contribution in [2.75, 3.05) is 5.32 Å². The van der Waals surface area contributed by atoms with Crippen LogP contribution in [0.1, 0.15) is 0 Å². The Morgan fingerprint density at radius 1 is 1.11 bits per heavy atom. The minimum absolute atomic E-state index is 0.0808. The van der Waals surface area contributed by atoms with E-state index in [4.69, 9.17) is 0 Å². The van der Waals surface area contributed by atoms with E-state index in [1.54, 1.807) is 0 Å². The highest BCUT2D eigenvalue weighted by atomic mass is 32.1. The largest absolute Gasteiger partial charge is 0.332 e. The van der Waals surface area contributed by atoms with Crippen LogP contribution < -0.4 is 16.6 Å². The molecule has 0 aliphatic carbocycles. The quantitative estimate of drug-likeness (QED) is 0.570. The van der Waals surface area contributed by atoms with Gasteiger partial charge in [-0.15, -0.1) is 11.3 Å². The highest BCUT2D eigenvalue weighted by Gasteiger charge is 2.16. The average Bonchev–Trinajstić information content (AvgIpc) is 3.33. The van der Waals surface area contributed by atoms with Gasteiger partial charge in [0.15, 0.2) is 11.2 Å². The minimum atomic E-state index is -0.481. The molecule has 0 saturated carbocycles. The Hall–Kier alpha value is -3.46. The summed E-state index contributed by atoms with van der Waals surface area (Å²) in [5.41, 5.74) is 1.63. The number of carbonyl (C=O) groups excluding carboxylic acids is 1.